The van der Waals surface area contributed by atoms with Crippen LogP contribution in [0.1, 0.15) is 22.0 Å². The van der Waals surface area contributed by atoms with Gasteiger partial charge in [0.05, 0.1) is 19.3 Å². The number of ether oxygens (including phenoxy) is 1. The van der Waals surface area contributed by atoms with Crippen molar-refractivity contribution < 1.29 is 13.9 Å². The van der Waals surface area contributed by atoms with E-state index in [-0.39, 0.29) is 11.9 Å². The summed E-state index contributed by atoms with van der Waals surface area (Å²) in [5, 5.41) is 10.7. The third-order valence-corrected chi connectivity index (χ3v) is 4.81. The Balaban J connectivity index is 1.48. The van der Waals surface area contributed by atoms with E-state index in [9.17, 15) is 4.79 Å². The molecular formula is C21H22N4O3. The van der Waals surface area contributed by atoms with Crippen molar-refractivity contribution in [2.45, 2.75) is 6.04 Å². The van der Waals surface area contributed by atoms with E-state index in [1.165, 1.54) is 6.39 Å². The van der Waals surface area contributed by atoms with E-state index in [1.54, 1.807) is 12.1 Å². The Bertz CT molecular complexity index is 876. The largest absolute Gasteiger partial charge is 0.423 e. The van der Waals surface area contributed by atoms with E-state index < -0.39 is 0 Å². The Hall–Kier alpha value is -3.03. The lowest BCUT2D eigenvalue weighted by Crippen LogP contribution is -2.43. The van der Waals surface area contributed by atoms with Crippen molar-refractivity contribution in [3.8, 4) is 11.5 Å². The Morgan fingerprint density at radius 1 is 1.07 bits per heavy atom. The number of nitrogens with one attached hydrogen (secondary N) is 1. The first-order chi connectivity index (χ1) is 13.8. The van der Waals surface area contributed by atoms with Gasteiger partial charge in [0.25, 0.3) is 5.91 Å². The zero-order valence-corrected chi connectivity index (χ0v) is 15.5. The number of hydrogen-bond acceptors (Lipinski definition) is 6. The summed E-state index contributed by atoms with van der Waals surface area (Å²) < 4.78 is 10.6. The van der Waals surface area contributed by atoms with Crippen LogP contribution in [0.15, 0.2) is 65.4 Å². The molecule has 1 saturated heterocycles. The van der Waals surface area contributed by atoms with Crippen LogP contribution in [0.4, 0.5) is 0 Å². The lowest BCUT2D eigenvalue weighted by molar-refractivity contribution is 0.0332. The number of nitrogens with zero attached hydrogens (tertiary/aromatic N) is 3. The van der Waals surface area contributed by atoms with Crippen LogP contribution in [0.2, 0.25) is 0 Å². The molecule has 1 aromatic heterocycles. The molecule has 1 N–H and O–H groups in total. The first-order valence-electron chi connectivity index (χ1n) is 9.32. The zero-order valence-electron chi connectivity index (χ0n) is 15.5. The van der Waals surface area contributed by atoms with Gasteiger partial charge in [-0.3, -0.25) is 9.69 Å². The van der Waals surface area contributed by atoms with Crippen molar-refractivity contribution >= 4 is 5.91 Å². The molecule has 1 aliphatic rings. The number of rotatable bonds is 6. The number of carbonyl (C=O) groups is 1. The highest BCUT2D eigenvalue weighted by Gasteiger charge is 2.20. The Morgan fingerprint density at radius 3 is 2.50 bits per heavy atom. The first-order valence-corrected chi connectivity index (χ1v) is 9.32. The number of aromatic nitrogens is 2. The molecule has 4 rings (SSSR count). The quantitative estimate of drug-likeness (QED) is 0.710. The molecule has 3 aromatic rings. The van der Waals surface area contributed by atoms with E-state index in [0.717, 1.165) is 44.0 Å². The van der Waals surface area contributed by atoms with Gasteiger partial charge >= 0.3 is 0 Å². The summed E-state index contributed by atoms with van der Waals surface area (Å²) in [5.74, 6) is 0.320. The maximum atomic E-state index is 12.9. The SMILES string of the molecule is O=C(N[C@@H](CN1CCOCC1)c1ccccc1)c1ccc(-c2nnco2)cc1. The molecular weight excluding hydrogens is 356 g/mol. The third-order valence-electron chi connectivity index (χ3n) is 4.81. The summed E-state index contributed by atoms with van der Waals surface area (Å²) in [6.45, 7) is 3.95. The molecule has 7 heteroatoms. The normalized spacial score (nSPS) is 15.9. The molecule has 28 heavy (non-hydrogen) atoms. The van der Waals surface area contributed by atoms with Gasteiger partial charge in [-0.2, -0.15) is 0 Å². The standard InChI is InChI=1S/C21H22N4O3/c26-20(17-6-8-18(9-7-17)21-24-22-15-28-21)23-19(16-4-2-1-3-5-16)14-25-10-12-27-13-11-25/h1-9,15,19H,10-14H2,(H,23,26)/t19-/m0/s1. The molecule has 7 nitrogen and oxygen atoms in total. The van der Waals surface area contributed by atoms with Crippen molar-refractivity contribution in [2.24, 2.45) is 0 Å². The number of hydrogen-bond donors (Lipinski definition) is 1. The second-order valence-electron chi connectivity index (χ2n) is 6.67. The van der Waals surface area contributed by atoms with E-state index in [1.807, 2.05) is 42.5 Å². The minimum atomic E-state index is -0.112. The van der Waals surface area contributed by atoms with Crippen molar-refractivity contribution in [1.29, 1.82) is 0 Å². The number of benzene rings is 2. The van der Waals surface area contributed by atoms with Crippen LogP contribution < -0.4 is 5.32 Å². The zero-order chi connectivity index (χ0) is 19.2. The summed E-state index contributed by atoms with van der Waals surface area (Å²) in [5.41, 5.74) is 2.46. The van der Waals surface area contributed by atoms with Crippen molar-refractivity contribution in [2.75, 3.05) is 32.8 Å². The average molecular weight is 378 g/mol. The Morgan fingerprint density at radius 2 is 1.82 bits per heavy atom. The monoisotopic (exact) mass is 378 g/mol. The van der Waals surface area contributed by atoms with Crippen LogP contribution in [0.5, 0.6) is 0 Å². The van der Waals surface area contributed by atoms with Gasteiger partial charge < -0.3 is 14.5 Å². The molecule has 0 saturated carbocycles. The van der Waals surface area contributed by atoms with Crippen molar-refractivity contribution in [1.82, 2.24) is 20.4 Å². The first kappa shape index (κ1) is 18.3. The molecule has 0 bridgehead atoms. The molecule has 0 spiro atoms. The van der Waals surface area contributed by atoms with Crippen LogP contribution in [0.3, 0.4) is 0 Å². The smallest absolute Gasteiger partial charge is 0.251 e. The second-order valence-corrected chi connectivity index (χ2v) is 6.67. The Labute approximate surface area is 163 Å². The topological polar surface area (TPSA) is 80.5 Å². The highest BCUT2D eigenvalue weighted by molar-refractivity contribution is 5.94. The molecule has 0 aliphatic carbocycles. The molecule has 2 aromatic carbocycles. The molecule has 144 valence electrons. The molecule has 2 heterocycles. The van der Waals surface area contributed by atoms with Crippen molar-refractivity contribution in [3.05, 3.63) is 72.1 Å². The summed E-state index contributed by atoms with van der Waals surface area (Å²) >= 11 is 0. The molecule has 1 fully saturated rings. The van der Waals surface area contributed by atoms with Crippen molar-refractivity contribution in [3.63, 3.8) is 0 Å². The third kappa shape index (κ3) is 4.44. The van der Waals surface area contributed by atoms with Gasteiger partial charge in [-0.15, -0.1) is 10.2 Å². The van der Waals surface area contributed by atoms with Crippen LogP contribution in [0, 0.1) is 0 Å². The molecule has 0 unspecified atom stereocenters. The van der Waals surface area contributed by atoms with Gasteiger partial charge in [0.1, 0.15) is 0 Å². The molecule has 0 radical (unpaired) electrons. The van der Waals surface area contributed by atoms with E-state index in [4.69, 9.17) is 9.15 Å². The summed E-state index contributed by atoms with van der Waals surface area (Å²) in [7, 11) is 0. The number of amides is 1. The van der Waals surface area contributed by atoms with Crippen LogP contribution >= 0.6 is 0 Å². The highest BCUT2D eigenvalue weighted by atomic mass is 16.5. The van der Waals surface area contributed by atoms with E-state index in [0.29, 0.717) is 11.5 Å². The number of carbonyl (C=O) groups excluding carboxylic acids is 1. The molecule has 1 aliphatic heterocycles. The Kier molecular flexibility index (Phi) is 5.75. The van der Waals surface area contributed by atoms with Gasteiger partial charge in [-0.1, -0.05) is 30.3 Å². The average Bonchev–Trinajstić information content (AvgIpc) is 3.30. The minimum Gasteiger partial charge on any atom is -0.423 e. The van der Waals surface area contributed by atoms with E-state index >= 15 is 0 Å². The summed E-state index contributed by atoms with van der Waals surface area (Å²) in [6, 6.07) is 17.1. The molecule has 1 atom stereocenters. The fraction of sp³-hybridized carbons (Fsp3) is 0.286. The summed E-state index contributed by atoms with van der Waals surface area (Å²) in [4.78, 5) is 15.2. The van der Waals surface area contributed by atoms with Gasteiger partial charge in [0.2, 0.25) is 12.3 Å². The minimum absolute atomic E-state index is 0.0950. The van der Waals surface area contributed by atoms with Gasteiger partial charge in [-0.05, 0) is 29.8 Å². The lowest BCUT2D eigenvalue weighted by atomic mass is 10.0. The van der Waals surface area contributed by atoms with Crippen LogP contribution in [-0.2, 0) is 4.74 Å². The summed E-state index contributed by atoms with van der Waals surface area (Å²) in [6.07, 6.45) is 1.28. The van der Waals surface area contributed by atoms with Crippen LogP contribution in [0.25, 0.3) is 11.5 Å². The maximum absolute atomic E-state index is 12.9. The predicted octanol–water partition coefficient (Wildman–Crippen LogP) is 2.54. The van der Waals surface area contributed by atoms with Crippen LogP contribution in [-0.4, -0.2) is 53.9 Å². The number of morpholine rings is 1. The fourth-order valence-electron chi connectivity index (χ4n) is 3.27. The molecule has 1 amide bonds. The fourth-order valence-corrected chi connectivity index (χ4v) is 3.27. The van der Waals surface area contributed by atoms with Gasteiger partial charge in [0, 0.05) is 30.8 Å². The van der Waals surface area contributed by atoms with Gasteiger partial charge in [0.15, 0.2) is 0 Å². The predicted molar refractivity (Wildman–Crippen MR) is 104 cm³/mol. The lowest BCUT2D eigenvalue weighted by Gasteiger charge is -2.31. The van der Waals surface area contributed by atoms with E-state index in [2.05, 4.69) is 20.4 Å². The highest BCUT2D eigenvalue weighted by Crippen LogP contribution is 2.19. The maximum Gasteiger partial charge on any atom is 0.251 e. The van der Waals surface area contributed by atoms with Gasteiger partial charge in [-0.25, -0.2) is 0 Å². The second kappa shape index (κ2) is 8.77.